The maximum Gasteiger partial charge on any atom is 0.412 e. The highest BCUT2D eigenvalue weighted by atomic mass is 79.9. The Morgan fingerprint density at radius 2 is 1.89 bits per heavy atom. The number of thiophene rings is 1. The molecule has 1 aromatic heterocycles. The molecule has 2 rings (SSSR count). The predicted molar refractivity (Wildman–Crippen MR) is 112 cm³/mol. The van der Waals surface area contributed by atoms with Crippen LogP contribution in [-0.2, 0) is 21.2 Å². The number of hydrogen-bond donors (Lipinski definition) is 1. The number of benzene rings is 1. The number of anilines is 1. The molecule has 1 heterocycles. The first kappa shape index (κ1) is 22.8. The summed E-state index contributed by atoms with van der Waals surface area (Å²) >= 11 is 4.35. The topological polar surface area (TPSA) is 75.7 Å². The van der Waals surface area contributed by atoms with Crippen LogP contribution >= 0.6 is 27.3 Å². The smallest absolute Gasteiger partial charge is 0.412 e. The molecule has 0 radical (unpaired) electrons. The summed E-state index contributed by atoms with van der Waals surface area (Å²) in [5.74, 6) is -0.342. The number of hydrogen-bond acceptors (Lipinski definition) is 5. The van der Waals surface area contributed by atoms with E-state index in [4.69, 9.17) is 4.74 Å². The number of nitrogens with zero attached hydrogens (tertiary/aromatic N) is 1. The van der Waals surface area contributed by atoms with Crippen LogP contribution in [0.1, 0.15) is 26.3 Å². The number of halogens is 2. The highest BCUT2D eigenvalue weighted by Crippen LogP contribution is 2.36. The molecule has 0 spiro atoms. The molecular formula is C18H22BrFN2O4S2. The van der Waals surface area contributed by atoms with Crippen LogP contribution in [0.3, 0.4) is 0 Å². The normalized spacial score (nSPS) is 12.2. The zero-order valence-electron chi connectivity index (χ0n) is 16.0. The maximum atomic E-state index is 13.0. The molecule has 0 aliphatic heterocycles. The van der Waals surface area contributed by atoms with E-state index in [0.717, 1.165) is 16.9 Å². The number of carbonyl (C=O) groups excluding carboxylic acids is 1. The zero-order valence-corrected chi connectivity index (χ0v) is 19.2. The predicted octanol–water partition coefficient (Wildman–Crippen LogP) is 4.86. The van der Waals surface area contributed by atoms with E-state index in [1.165, 1.54) is 29.6 Å². The van der Waals surface area contributed by atoms with E-state index < -0.39 is 21.7 Å². The molecule has 1 N–H and O–H groups in total. The van der Waals surface area contributed by atoms with Gasteiger partial charge in [0.2, 0.25) is 10.0 Å². The molecule has 1 aromatic carbocycles. The molecule has 0 saturated heterocycles. The first-order valence-electron chi connectivity index (χ1n) is 8.38. The van der Waals surface area contributed by atoms with Gasteiger partial charge in [-0.25, -0.2) is 21.9 Å². The molecule has 154 valence electrons. The molecule has 0 aliphatic rings. The largest absolute Gasteiger partial charge is 0.444 e. The summed E-state index contributed by atoms with van der Waals surface area (Å²) in [6.07, 6.45) is -0.303. The number of amides is 1. The molecular weight excluding hydrogens is 471 g/mol. The van der Waals surface area contributed by atoms with Crippen molar-refractivity contribution in [2.45, 2.75) is 37.7 Å². The maximum absolute atomic E-state index is 13.0. The Morgan fingerprint density at radius 1 is 1.29 bits per heavy atom. The third-order valence-electron chi connectivity index (χ3n) is 3.60. The minimum atomic E-state index is -3.85. The lowest BCUT2D eigenvalue weighted by Gasteiger charge is -2.20. The SMILES string of the molecule is CN(CCc1ccc(F)cc1)S(=O)(=O)c1cc(Br)sc1NC(=O)OC(C)(C)C. The van der Waals surface area contributed by atoms with Gasteiger partial charge in [-0.2, -0.15) is 0 Å². The first-order valence-corrected chi connectivity index (χ1v) is 11.4. The highest BCUT2D eigenvalue weighted by molar-refractivity contribution is 9.11. The molecule has 0 saturated carbocycles. The van der Waals surface area contributed by atoms with Crippen molar-refractivity contribution < 1.29 is 22.3 Å². The van der Waals surface area contributed by atoms with Crippen LogP contribution in [0.2, 0.25) is 0 Å². The van der Waals surface area contributed by atoms with Gasteiger partial charge in [-0.15, -0.1) is 11.3 Å². The van der Waals surface area contributed by atoms with Crippen LogP contribution in [0.25, 0.3) is 0 Å². The quantitative estimate of drug-likeness (QED) is 0.624. The van der Waals surface area contributed by atoms with Crippen LogP contribution in [0.15, 0.2) is 39.0 Å². The molecule has 10 heteroatoms. The highest BCUT2D eigenvalue weighted by Gasteiger charge is 2.28. The Bertz CT molecular complexity index is 937. The lowest BCUT2D eigenvalue weighted by atomic mass is 10.1. The van der Waals surface area contributed by atoms with Crippen LogP contribution in [0.4, 0.5) is 14.2 Å². The summed E-state index contributed by atoms with van der Waals surface area (Å²) in [5, 5.41) is 2.68. The fraction of sp³-hybridized carbons (Fsp3) is 0.389. The van der Waals surface area contributed by atoms with Gasteiger partial charge in [-0.3, -0.25) is 5.32 Å². The van der Waals surface area contributed by atoms with Crippen molar-refractivity contribution in [3.05, 3.63) is 45.5 Å². The van der Waals surface area contributed by atoms with Gasteiger partial charge >= 0.3 is 6.09 Å². The summed E-state index contributed by atoms with van der Waals surface area (Å²) in [5.41, 5.74) is 0.117. The van der Waals surface area contributed by atoms with Gasteiger partial charge < -0.3 is 4.74 Å². The van der Waals surface area contributed by atoms with Crippen molar-refractivity contribution >= 4 is 48.4 Å². The van der Waals surface area contributed by atoms with Crippen molar-refractivity contribution in [3.63, 3.8) is 0 Å². The van der Waals surface area contributed by atoms with Crippen molar-refractivity contribution in [1.29, 1.82) is 0 Å². The number of ether oxygens (including phenoxy) is 1. The molecule has 6 nitrogen and oxygen atoms in total. The van der Waals surface area contributed by atoms with Gasteiger partial charge in [-0.1, -0.05) is 12.1 Å². The van der Waals surface area contributed by atoms with Crippen molar-refractivity contribution in [2.24, 2.45) is 0 Å². The molecule has 0 bridgehead atoms. The molecule has 0 fully saturated rings. The molecule has 0 unspecified atom stereocenters. The molecule has 1 amide bonds. The summed E-state index contributed by atoms with van der Waals surface area (Å²) in [4.78, 5) is 12.0. The molecule has 0 aliphatic carbocycles. The van der Waals surface area contributed by atoms with E-state index in [2.05, 4.69) is 21.2 Å². The summed E-state index contributed by atoms with van der Waals surface area (Å²) in [6, 6.07) is 7.35. The second kappa shape index (κ2) is 8.89. The summed E-state index contributed by atoms with van der Waals surface area (Å²) in [7, 11) is -2.39. The van der Waals surface area contributed by atoms with Crippen LogP contribution in [0.5, 0.6) is 0 Å². The number of likely N-dealkylation sites (N-methyl/N-ethyl adjacent to an activating group) is 1. The van der Waals surface area contributed by atoms with Crippen LogP contribution in [-0.4, -0.2) is 38.0 Å². The monoisotopic (exact) mass is 492 g/mol. The zero-order chi connectivity index (χ0) is 21.1. The Labute approximate surface area is 176 Å². The fourth-order valence-electron chi connectivity index (χ4n) is 2.25. The number of carbonyl (C=O) groups is 1. The summed E-state index contributed by atoms with van der Waals surface area (Å²) < 4.78 is 45.9. The number of nitrogens with one attached hydrogen (secondary N) is 1. The van der Waals surface area contributed by atoms with Gasteiger partial charge in [-0.05, 0) is 66.9 Å². The van der Waals surface area contributed by atoms with Gasteiger partial charge in [0, 0.05) is 13.6 Å². The Kier molecular flexibility index (Phi) is 7.24. The van der Waals surface area contributed by atoms with Crippen LogP contribution in [0, 0.1) is 5.82 Å². The average molecular weight is 493 g/mol. The number of rotatable bonds is 6. The lowest BCUT2D eigenvalue weighted by molar-refractivity contribution is 0.0636. The second-order valence-electron chi connectivity index (χ2n) is 7.07. The van der Waals surface area contributed by atoms with Crippen LogP contribution < -0.4 is 5.32 Å². The molecule has 2 aromatic rings. The first-order chi connectivity index (χ1) is 12.9. The van der Waals surface area contributed by atoms with E-state index in [9.17, 15) is 17.6 Å². The van der Waals surface area contributed by atoms with Crippen molar-refractivity contribution in [3.8, 4) is 0 Å². The third kappa shape index (κ3) is 6.26. The average Bonchev–Trinajstić information content (AvgIpc) is 2.93. The van der Waals surface area contributed by atoms with E-state index in [1.54, 1.807) is 32.9 Å². The second-order valence-corrected chi connectivity index (χ2v) is 11.5. The Morgan fingerprint density at radius 3 is 2.46 bits per heavy atom. The summed E-state index contributed by atoms with van der Waals surface area (Å²) in [6.45, 7) is 5.36. The van der Waals surface area contributed by atoms with Crippen molar-refractivity contribution in [2.75, 3.05) is 18.9 Å². The van der Waals surface area contributed by atoms with Gasteiger partial charge in [0.05, 0.1) is 3.79 Å². The minimum absolute atomic E-state index is 0.0168. The Balaban J connectivity index is 2.15. The Hall–Kier alpha value is -1.49. The minimum Gasteiger partial charge on any atom is -0.444 e. The van der Waals surface area contributed by atoms with E-state index in [-0.39, 0.29) is 22.3 Å². The standard InChI is InChI=1S/C18H22BrFN2O4S2/c1-18(2,3)26-17(23)21-16-14(11-15(19)27-16)28(24,25)22(4)10-9-12-5-7-13(20)8-6-12/h5-8,11H,9-10H2,1-4H3,(H,21,23). The van der Waals surface area contributed by atoms with Gasteiger partial charge in [0.1, 0.15) is 21.3 Å². The third-order valence-corrected chi connectivity index (χ3v) is 7.16. The van der Waals surface area contributed by atoms with Crippen molar-refractivity contribution in [1.82, 2.24) is 4.31 Å². The lowest BCUT2D eigenvalue weighted by Crippen LogP contribution is -2.30. The molecule has 28 heavy (non-hydrogen) atoms. The van der Waals surface area contributed by atoms with E-state index in [0.29, 0.717) is 10.2 Å². The molecule has 0 atom stereocenters. The van der Waals surface area contributed by atoms with Gasteiger partial charge in [0.25, 0.3) is 0 Å². The van der Waals surface area contributed by atoms with Gasteiger partial charge in [0.15, 0.2) is 0 Å². The van der Waals surface area contributed by atoms with E-state index >= 15 is 0 Å². The number of sulfonamides is 1. The van der Waals surface area contributed by atoms with E-state index in [1.807, 2.05) is 0 Å². The fourth-order valence-corrected chi connectivity index (χ4v) is 5.51.